The van der Waals surface area contributed by atoms with Crippen LogP contribution in [0.15, 0.2) is 29.2 Å². The maximum atomic E-state index is 12.6. The topological polar surface area (TPSA) is 88.5 Å². The molecule has 6 heteroatoms. The van der Waals surface area contributed by atoms with Crippen molar-refractivity contribution >= 4 is 21.6 Å². The van der Waals surface area contributed by atoms with Gasteiger partial charge in [-0.05, 0) is 43.4 Å². The molecule has 0 radical (unpaired) electrons. The first-order valence-electron chi connectivity index (χ1n) is 6.87. The zero-order valence-electron chi connectivity index (χ0n) is 11.8. The van der Waals surface area contributed by atoms with Crippen molar-refractivity contribution in [2.75, 3.05) is 0 Å². The maximum absolute atomic E-state index is 12.6. The van der Waals surface area contributed by atoms with Crippen molar-refractivity contribution in [2.45, 2.75) is 42.8 Å². The van der Waals surface area contributed by atoms with Gasteiger partial charge in [0.1, 0.15) is 5.78 Å². The largest absolute Gasteiger partial charge is 0.480 e. The summed E-state index contributed by atoms with van der Waals surface area (Å²) in [6, 6.07) is 6.21. The van der Waals surface area contributed by atoms with Crippen LogP contribution in [-0.4, -0.2) is 30.5 Å². The minimum Gasteiger partial charge on any atom is -0.480 e. The molecule has 0 bridgehead atoms. The summed E-state index contributed by atoms with van der Waals surface area (Å²) < 4.78 is 25.3. The van der Waals surface area contributed by atoms with E-state index in [1.165, 1.54) is 12.1 Å². The van der Waals surface area contributed by atoms with Gasteiger partial charge in [0.2, 0.25) is 0 Å². The minimum absolute atomic E-state index is 0.00734. The van der Waals surface area contributed by atoms with Crippen molar-refractivity contribution < 1.29 is 23.1 Å². The van der Waals surface area contributed by atoms with Gasteiger partial charge in [-0.2, -0.15) is 0 Å². The quantitative estimate of drug-likeness (QED) is 0.918. The molecule has 0 aromatic heterocycles. The average molecular weight is 310 g/mol. The fourth-order valence-corrected chi connectivity index (χ4v) is 4.76. The smallest absolute Gasteiger partial charge is 0.322 e. The number of ketones is 1. The summed E-state index contributed by atoms with van der Waals surface area (Å²) in [4.78, 5) is 23.1. The standard InChI is InChI=1S/C15H18O5S/c1-10-4-2-7-13(8-10)21(19,20)14(15(17)18)11-5-3-6-12(16)9-11/h2,4,7-8,11,14H,3,5-6,9H2,1H3,(H,17,18). The third-order valence-corrected chi connectivity index (χ3v) is 6.01. The van der Waals surface area contributed by atoms with Gasteiger partial charge in [0.15, 0.2) is 15.1 Å². The average Bonchev–Trinajstić information content (AvgIpc) is 2.38. The van der Waals surface area contributed by atoms with E-state index in [9.17, 15) is 23.1 Å². The summed E-state index contributed by atoms with van der Waals surface area (Å²) in [7, 11) is -4.00. The van der Waals surface area contributed by atoms with Gasteiger partial charge in [-0.3, -0.25) is 9.59 Å². The first kappa shape index (κ1) is 15.7. The van der Waals surface area contributed by atoms with Crippen LogP contribution in [0, 0.1) is 12.8 Å². The number of carbonyl (C=O) groups is 2. The van der Waals surface area contributed by atoms with Gasteiger partial charge >= 0.3 is 5.97 Å². The van der Waals surface area contributed by atoms with Crippen LogP contribution in [0.1, 0.15) is 31.2 Å². The van der Waals surface area contributed by atoms with Crippen LogP contribution >= 0.6 is 0 Å². The van der Waals surface area contributed by atoms with E-state index in [4.69, 9.17) is 0 Å². The maximum Gasteiger partial charge on any atom is 0.322 e. The lowest BCUT2D eigenvalue weighted by Gasteiger charge is -2.26. The zero-order valence-corrected chi connectivity index (χ0v) is 12.6. The normalized spacial score (nSPS) is 21.0. The number of carboxylic acids is 1. The van der Waals surface area contributed by atoms with Crippen molar-refractivity contribution in [1.82, 2.24) is 0 Å². The van der Waals surface area contributed by atoms with Crippen molar-refractivity contribution in [3.05, 3.63) is 29.8 Å². The molecule has 21 heavy (non-hydrogen) atoms. The molecule has 1 aliphatic rings. The molecule has 2 rings (SSSR count). The van der Waals surface area contributed by atoms with Crippen LogP contribution in [-0.2, 0) is 19.4 Å². The summed E-state index contributed by atoms with van der Waals surface area (Å²) in [5.74, 6) is -2.08. The van der Waals surface area contributed by atoms with Crippen LogP contribution in [0.25, 0.3) is 0 Å². The zero-order chi connectivity index (χ0) is 15.6. The predicted octanol–water partition coefficient (Wildman–Crippen LogP) is 1.98. The van der Waals surface area contributed by atoms with Gasteiger partial charge in [0.05, 0.1) is 4.90 Å². The van der Waals surface area contributed by atoms with Gasteiger partial charge in [0.25, 0.3) is 0 Å². The molecule has 1 aromatic carbocycles. The fraction of sp³-hybridized carbons (Fsp3) is 0.467. The Kier molecular flexibility index (Phi) is 4.46. The number of rotatable bonds is 4. The van der Waals surface area contributed by atoms with E-state index in [1.807, 2.05) is 0 Å². The first-order chi connectivity index (χ1) is 9.82. The summed E-state index contributed by atoms with van der Waals surface area (Å²) in [5, 5.41) is 7.84. The summed E-state index contributed by atoms with van der Waals surface area (Å²) in [6.07, 6.45) is 1.44. The Hall–Kier alpha value is -1.69. The molecule has 0 aliphatic heterocycles. The molecule has 1 saturated carbocycles. The number of hydrogen-bond donors (Lipinski definition) is 1. The molecule has 0 saturated heterocycles. The molecule has 0 spiro atoms. The summed E-state index contributed by atoms with van der Waals surface area (Å²) >= 11 is 0. The number of aryl methyl sites for hydroxylation is 1. The molecule has 1 aromatic rings. The molecule has 1 fully saturated rings. The summed E-state index contributed by atoms with van der Waals surface area (Å²) in [6.45, 7) is 1.75. The number of carbonyl (C=O) groups excluding carboxylic acids is 1. The number of aliphatic carboxylic acids is 1. The lowest BCUT2D eigenvalue weighted by Crippen LogP contribution is -2.39. The Morgan fingerprint density at radius 3 is 2.67 bits per heavy atom. The lowest BCUT2D eigenvalue weighted by atomic mass is 9.86. The molecule has 1 aliphatic carbocycles. The number of hydrogen-bond acceptors (Lipinski definition) is 4. The van der Waals surface area contributed by atoms with Crippen molar-refractivity contribution in [2.24, 2.45) is 5.92 Å². The highest BCUT2D eigenvalue weighted by atomic mass is 32.2. The molecular formula is C15H18O5S. The lowest BCUT2D eigenvalue weighted by molar-refractivity contribution is -0.138. The molecule has 0 heterocycles. The van der Waals surface area contributed by atoms with E-state index in [-0.39, 0.29) is 17.1 Å². The Morgan fingerprint density at radius 2 is 2.10 bits per heavy atom. The highest BCUT2D eigenvalue weighted by Crippen LogP contribution is 2.31. The van der Waals surface area contributed by atoms with E-state index in [0.717, 1.165) is 5.56 Å². The molecule has 114 valence electrons. The Balaban J connectivity index is 2.41. The van der Waals surface area contributed by atoms with Gasteiger partial charge in [-0.25, -0.2) is 8.42 Å². The van der Waals surface area contributed by atoms with Gasteiger partial charge in [-0.1, -0.05) is 12.1 Å². The minimum atomic E-state index is -4.00. The van der Waals surface area contributed by atoms with Crippen LogP contribution in [0.4, 0.5) is 0 Å². The molecule has 0 amide bonds. The van der Waals surface area contributed by atoms with E-state index in [2.05, 4.69) is 0 Å². The number of Topliss-reactive ketones (excluding diaryl/α,β-unsaturated/α-hetero) is 1. The number of sulfone groups is 1. The van der Waals surface area contributed by atoms with Gasteiger partial charge in [-0.15, -0.1) is 0 Å². The van der Waals surface area contributed by atoms with Crippen LogP contribution in [0.3, 0.4) is 0 Å². The number of carboxylic acid groups (broad SMARTS) is 1. The molecule has 1 N–H and O–H groups in total. The monoisotopic (exact) mass is 310 g/mol. The van der Waals surface area contributed by atoms with Crippen LogP contribution in [0.2, 0.25) is 0 Å². The molecule has 5 nitrogen and oxygen atoms in total. The third kappa shape index (κ3) is 3.32. The molecule has 2 unspecified atom stereocenters. The van der Waals surface area contributed by atoms with E-state index in [1.54, 1.807) is 19.1 Å². The number of benzene rings is 1. The van der Waals surface area contributed by atoms with Crippen molar-refractivity contribution in [3.8, 4) is 0 Å². The second-order valence-corrected chi connectivity index (χ2v) is 7.58. The van der Waals surface area contributed by atoms with Crippen LogP contribution < -0.4 is 0 Å². The SMILES string of the molecule is Cc1cccc(S(=O)(=O)C(C(=O)O)C2CCCC(=O)C2)c1. The van der Waals surface area contributed by atoms with Crippen molar-refractivity contribution in [3.63, 3.8) is 0 Å². The summed E-state index contributed by atoms with van der Waals surface area (Å²) in [5.41, 5.74) is 0.750. The Bertz CT molecular complexity index is 662. The van der Waals surface area contributed by atoms with E-state index >= 15 is 0 Å². The van der Waals surface area contributed by atoms with Crippen LogP contribution in [0.5, 0.6) is 0 Å². The Labute approximate surface area is 123 Å². The second-order valence-electron chi connectivity index (χ2n) is 5.52. The highest BCUT2D eigenvalue weighted by Gasteiger charge is 2.42. The van der Waals surface area contributed by atoms with Gasteiger partial charge < -0.3 is 5.11 Å². The third-order valence-electron chi connectivity index (χ3n) is 3.84. The molecular weight excluding hydrogens is 292 g/mol. The fourth-order valence-electron chi connectivity index (χ4n) is 2.84. The van der Waals surface area contributed by atoms with E-state index < -0.39 is 27.0 Å². The van der Waals surface area contributed by atoms with Crippen molar-refractivity contribution in [1.29, 1.82) is 0 Å². The predicted molar refractivity (Wildman–Crippen MR) is 76.8 cm³/mol. The highest BCUT2D eigenvalue weighted by molar-refractivity contribution is 7.92. The van der Waals surface area contributed by atoms with E-state index in [0.29, 0.717) is 19.3 Å². The van der Waals surface area contributed by atoms with Gasteiger partial charge in [0, 0.05) is 12.8 Å². The molecule has 2 atom stereocenters. The Morgan fingerprint density at radius 1 is 1.38 bits per heavy atom. The first-order valence-corrected chi connectivity index (χ1v) is 8.42. The second kappa shape index (κ2) is 5.97.